The Morgan fingerprint density at radius 2 is 1.60 bits per heavy atom. The highest BCUT2D eigenvalue weighted by Crippen LogP contribution is 2.12. The minimum absolute atomic E-state index is 0.204. The zero-order valence-corrected chi connectivity index (χ0v) is 13.2. The molecule has 1 heterocycles. The van der Waals surface area contributed by atoms with E-state index in [9.17, 15) is 4.79 Å². The number of rotatable bonds is 6. The van der Waals surface area contributed by atoms with Gasteiger partial charge >= 0.3 is 0 Å². The van der Waals surface area contributed by atoms with Crippen LogP contribution in [-0.2, 0) is 0 Å². The number of halogens is 1. The first kappa shape index (κ1) is 15.6. The minimum Gasteiger partial charge on any atom is -0.395 e. The molecule has 1 aromatic rings. The smallest absolute Gasteiger partial charge is 0.164 e. The zero-order chi connectivity index (χ0) is 14.4. The molecule has 0 atom stereocenters. The number of carbonyl (C=O) groups is 1. The summed E-state index contributed by atoms with van der Waals surface area (Å²) in [5.74, 6) is 0.204. The van der Waals surface area contributed by atoms with Gasteiger partial charge in [0.05, 0.1) is 6.61 Å². The minimum atomic E-state index is 0.204. The number of hydrogen-bond acceptors (Lipinski definition) is 4. The van der Waals surface area contributed by atoms with E-state index in [2.05, 4.69) is 25.7 Å². The Bertz CT molecular complexity index is 428. The molecule has 0 unspecified atom stereocenters. The fourth-order valence-electron chi connectivity index (χ4n) is 2.42. The van der Waals surface area contributed by atoms with E-state index in [0.717, 1.165) is 49.3 Å². The Morgan fingerprint density at radius 1 is 1.05 bits per heavy atom. The van der Waals surface area contributed by atoms with E-state index >= 15 is 0 Å². The second-order valence-electron chi connectivity index (χ2n) is 5.09. The van der Waals surface area contributed by atoms with E-state index < -0.39 is 0 Å². The van der Waals surface area contributed by atoms with Crippen LogP contribution in [0.25, 0.3) is 0 Å². The Morgan fingerprint density at radius 3 is 2.15 bits per heavy atom. The van der Waals surface area contributed by atoms with E-state index in [4.69, 9.17) is 5.11 Å². The van der Waals surface area contributed by atoms with Crippen LogP contribution in [0.3, 0.4) is 0 Å². The van der Waals surface area contributed by atoms with E-state index in [-0.39, 0.29) is 12.4 Å². The molecule has 0 saturated carbocycles. The third-order valence-electron chi connectivity index (χ3n) is 3.70. The van der Waals surface area contributed by atoms with Crippen molar-refractivity contribution in [1.29, 1.82) is 0 Å². The lowest BCUT2D eigenvalue weighted by molar-refractivity contribution is 0.0907. The molecule has 1 saturated heterocycles. The molecule has 1 aliphatic heterocycles. The topological polar surface area (TPSA) is 43.8 Å². The summed E-state index contributed by atoms with van der Waals surface area (Å²) in [7, 11) is 0. The summed E-state index contributed by atoms with van der Waals surface area (Å²) in [6, 6.07) is 7.54. The van der Waals surface area contributed by atoms with Crippen molar-refractivity contribution in [1.82, 2.24) is 9.80 Å². The number of aliphatic hydroxyl groups excluding tert-OH is 1. The van der Waals surface area contributed by atoms with E-state index in [0.29, 0.717) is 6.42 Å². The molecular formula is C15H21BrN2O2. The Balaban J connectivity index is 1.73. The van der Waals surface area contributed by atoms with Crippen LogP contribution < -0.4 is 0 Å². The van der Waals surface area contributed by atoms with Gasteiger partial charge in [0.2, 0.25) is 0 Å². The molecule has 1 N–H and O–H groups in total. The average molecular weight is 341 g/mol. The molecule has 0 radical (unpaired) electrons. The monoisotopic (exact) mass is 340 g/mol. The normalized spacial score (nSPS) is 17.3. The highest BCUT2D eigenvalue weighted by Gasteiger charge is 2.17. The first-order valence-electron chi connectivity index (χ1n) is 7.03. The van der Waals surface area contributed by atoms with E-state index in [1.807, 2.05) is 24.3 Å². The van der Waals surface area contributed by atoms with Gasteiger partial charge in [-0.15, -0.1) is 0 Å². The van der Waals surface area contributed by atoms with Gasteiger partial charge in [-0.05, 0) is 12.1 Å². The molecular weight excluding hydrogens is 320 g/mol. The van der Waals surface area contributed by atoms with Crippen molar-refractivity contribution in [2.45, 2.75) is 6.42 Å². The predicted octanol–water partition coefficient (Wildman–Crippen LogP) is 1.63. The first-order valence-corrected chi connectivity index (χ1v) is 7.82. The molecule has 4 nitrogen and oxygen atoms in total. The Hall–Kier alpha value is -0.750. The second kappa shape index (κ2) is 7.88. The molecule has 0 spiro atoms. The number of benzene rings is 1. The summed E-state index contributed by atoms with van der Waals surface area (Å²) in [6.45, 7) is 5.72. The van der Waals surface area contributed by atoms with Gasteiger partial charge in [-0.25, -0.2) is 0 Å². The molecule has 110 valence electrons. The number of nitrogens with zero attached hydrogens (tertiary/aromatic N) is 2. The van der Waals surface area contributed by atoms with Gasteiger partial charge in [-0.2, -0.15) is 0 Å². The average Bonchev–Trinajstić information content (AvgIpc) is 2.47. The van der Waals surface area contributed by atoms with E-state index in [1.165, 1.54) is 0 Å². The largest absolute Gasteiger partial charge is 0.395 e. The molecule has 0 aliphatic carbocycles. The summed E-state index contributed by atoms with van der Waals surface area (Å²) < 4.78 is 0.994. The zero-order valence-electron chi connectivity index (χ0n) is 11.6. The highest BCUT2D eigenvalue weighted by atomic mass is 79.9. The summed E-state index contributed by atoms with van der Waals surface area (Å²) in [6.07, 6.45) is 0.571. The van der Waals surface area contributed by atoms with Gasteiger partial charge in [0.15, 0.2) is 5.78 Å². The second-order valence-corrected chi connectivity index (χ2v) is 6.00. The van der Waals surface area contributed by atoms with Crippen molar-refractivity contribution in [3.8, 4) is 0 Å². The van der Waals surface area contributed by atoms with Crippen molar-refractivity contribution in [3.63, 3.8) is 0 Å². The number of aliphatic hydroxyl groups is 1. The van der Waals surface area contributed by atoms with Crippen molar-refractivity contribution in [2.24, 2.45) is 0 Å². The maximum atomic E-state index is 12.1. The predicted molar refractivity (Wildman–Crippen MR) is 83.1 cm³/mol. The molecule has 20 heavy (non-hydrogen) atoms. The summed E-state index contributed by atoms with van der Waals surface area (Å²) in [5.41, 5.74) is 0.784. The number of ketones is 1. The lowest BCUT2D eigenvalue weighted by atomic mass is 10.1. The lowest BCUT2D eigenvalue weighted by Crippen LogP contribution is -2.47. The Kier molecular flexibility index (Phi) is 6.16. The number of Topliss-reactive ketones (excluding diaryl/α,β-unsaturated/α-hetero) is 1. The van der Waals surface area contributed by atoms with Crippen LogP contribution in [-0.4, -0.2) is 66.6 Å². The lowest BCUT2D eigenvalue weighted by Gasteiger charge is -2.34. The van der Waals surface area contributed by atoms with Crippen LogP contribution in [0.5, 0.6) is 0 Å². The van der Waals surface area contributed by atoms with Crippen LogP contribution in [0.1, 0.15) is 16.8 Å². The first-order chi connectivity index (χ1) is 9.69. The van der Waals surface area contributed by atoms with Crippen LogP contribution >= 0.6 is 15.9 Å². The fraction of sp³-hybridized carbons (Fsp3) is 0.533. The molecule has 0 amide bonds. The molecule has 5 heteroatoms. The summed E-state index contributed by atoms with van der Waals surface area (Å²) in [5, 5.41) is 8.90. The molecule has 2 rings (SSSR count). The number of β-amino-alcohol motifs (C(OH)–C–C–N with tert-alkyl or cyclic N) is 1. The van der Waals surface area contributed by atoms with Gasteiger partial charge in [-0.1, -0.05) is 28.1 Å². The van der Waals surface area contributed by atoms with Gasteiger partial charge in [0, 0.05) is 55.7 Å². The van der Waals surface area contributed by atoms with Crippen molar-refractivity contribution in [3.05, 3.63) is 34.3 Å². The van der Waals surface area contributed by atoms with Gasteiger partial charge in [0.1, 0.15) is 0 Å². The molecule has 1 aromatic carbocycles. The highest BCUT2D eigenvalue weighted by molar-refractivity contribution is 9.10. The third kappa shape index (κ3) is 4.66. The SMILES string of the molecule is O=C(CCN1CCN(CCO)CC1)c1ccc(Br)cc1. The van der Waals surface area contributed by atoms with E-state index in [1.54, 1.807) is 0 Å². The van der Waals surface area contributed by atoms with Crippen LogP contribution in [0.15, 0.2) is 28.7 Å². The fourth-order valence-corrected chi connectivity index (χ4v) is 2.68. The maximum Gasteiger partial charge on any atom is 0.164 e. The standard InChI is InChI=1S/C15H21BrN2O2/c16-14-3-1-13(2-4-14)15(20)5-6-17-7-9-18(10-8-17)11-12-19/h1-4,19H,5-12H2. The molecule has 0 aromatic heterocycles. The number of hydrogen-bond donors (Lipinski definition) is 1. The number of carbonyl (C=O) groups excluding carboxylic acids is 1. The van der Waals surface area contributed by atoms with Crippen molar-refractivity contribution < 1.29 is 9.90 Å². The van der Waals surface area contributed by atoms with Crippen LogP contribution in [0.2, 0.25) is 0 Å². The summed E-state index contributed by atoms with van der Waals surface area (Å²) >= 11 is 3.37. The molecule has 0 bridgehead atoms. The quantitative estimate of drug-likeness (QED) is 0.799. The third-order valence-corrected chi connectivity index (χ3v) is 4.23. The summed E-state index contributed by atoms with van der Waals surface area (Å²) in [4.78, 5) is 16.7. The molecule has 1 aliphatic rings. The van der Waals surface area contributed by atoms with Gasteiger partial charge in [-0.3, -0.25) is 9.69 Å². The van der Waals surface area contributed by atoms with Crippen molar-refractivity contribution in [2.75, 3.05) is 45.9 Å². The van der Waals surface area contributed by atoms with Gasteiger partial charge in [0.25, 0.3) is 0 Å². The number of piperazine rings is 1. The maximum absolute atomic E-state index is 12.1. The molecule has 1 fully saturated rings. The van der Waals surface area contributed by atoms with Crippen LogP contribution in [0, 0.1) is 0 Å². The Labute approximate surface area is 128 Å². The van der Waals surface area contributed by atoms with Crippen LogP contribution in [0.4, 0.5) is 0 Å². The van der Waals surface area contributed by atoms with Crippen molar-refractivity contribution >= 4 is 21.7 Å². The van der Waals surface area contributed by atoms with Gasteiger partial charge < -0.3 is 10.0 Å².